The highest BCUT2D eigenvalue weighted by Crippen LogP contribution is 2.18. The van der Waals surface area contributed by atoms with Crippen molar-refractivity contribution < 1.29 is 9.90 Å². The van der Waals surface area contributed by atoms with E-state index in [4.69, 9.17) is 5.73 Å². The van der Waals surface area contributed by atoms with Gasteiger partial charge in [-0.1, -0.05) is 18.2 Å². The minimum absolute atomic E-state index is 0.284. The predicted molar refractivity (Wildman–Crippen MR) is 55.0 cm³/mol. The number of aliphatic carboxylic acids is 1. The van der Waals surface area contributed by atoms with Gasteiger partial charge in [0.05, 0.1) is 5.97 Å². The summed E-state index contributed by atoms with van der Waals surface area (Å²) < 4.78 is 0. The van der Waals surface area contributed by atoms with Gasteiger partial charge in [0.1, 0.15) is 0 Å². The summed E-state index contributed by atoms with van der Waals surface area (Å²) in [6.45, 7) is 0. The molecular weight excluding hydrogens is 192 g/mol. The number of hydrogen-bond acceptors (Lipinski definition) is 3. The summed E-state index contributed by atoms with van der Waals surface area (Å²) in [5.74, 6) is -1.22. The Balaban J connectivity index is 2.32. The van der Waals surface area contributed by atoms with Crippen LogP contribution in [0, 0.1) is 0 Å². The van der Waals surface area contributed by atoms with Gasteiger partial charge in [-0.05, 0) is 18.1 Å². The predicted octanol–water partition coefficient (Wildman–Crippen LogP) is -0.212. The van der Waals surface area contributed by atoms with Crippen LogP contribution in [0.4, 0.5) is 0 Å². The molecule has 0 fully saturated rings. The van der Waals surface area contributed by atoms with Gasteiger partial charge in [0.25, 0.3) is 0 Å². The zero-order chi connectivity index (χ0) is 10.8. The largest absolute Gasteiger partial charge is 0.548 e. The lowest BCUT2D eigenvalue weighted by Gasteiger charge is -2.11. The third kappa shape index (κ3) is 1.85. The van der Waals surface area contributed by atoms with Gasteiger partial charge in [0, 0.05) is 23.1 Å². The van der Waals surface area contributed by atoms with Gasteiger partial charge in [0.15, 0.2) is 0 Å². The number of carboxylic acid groups (broad SMARTS) is 1. The van der Waals surface area contributed by atoms with Crippen molar-refractivity contribution in [1.82, 2.24) is 4.98 Å². The van der Waals surface area contributed by atoms with E-state index < -0.39 is 12.0 Å². The number of para-hydroxylation sites is 1. The maximum absolute atomic E-state index is 10.5. The molecule has 0 saturated heterocycles. The second kappa shape index (κ2) is 3.74. The Bertz CT molecular complexity index is 490. The van der Waals surface area contributed by atoms with E-state index in [1.807, 2.05) is 24.3 Å². The Morgan fingerprint density at radius 2 is 2.20 bits per heavy atom. The fourth-order valence-corrected chi connectivity index (χ4v) is 1.62. The van der Waals surface area contributed by atoms with Gasteiger partial charge in [-0.3, -0.25) is 0 Å². The van der Waals surface area contributed by atoms with Crippen LogP contribution in [0.15, 0.2) is 30.5 Å². The van der Waals surface area contributed by atoms with Crippen molar-refractivity contribution in [3.63, 3.8) is 0 Å². The van der Waals surface area contributed by atoms with Gasteiger partial charge in [-0.25, -0.2) is 0 Å². The standard InChI is InChI=1S/C11H12N2O2/c12-9(11(14)15)5-7-6-13-10-4-2-1-3-8(7)10/h1-4,6,9,13H,5,12H2,(H,14,15)/p-1. The molecule has 1 heterocycles. The molecular formula is C11H11N2O2-. The number of carbonyl (C=O) groups excluding carboxylic acids is 1. The van der Waals surface area contributed by atoms with Crippen molar-refractivity contribution in [3.05, 3.63) is 36.0 Å². The van der Waals surface area contributed by atoms with E-state index >= 15 is 0 Å². The fourth-order valence-electron chi connectivity index (χ4n) is 1.62. The Kier molecular flexibility index (Phi) is 2.43. The first-order chi connectivity index (χ1) is 7.18. The van der Waals surface area contributed by atoms with E-state index in [0.29, 0.717) is 0 Å². The lowest BCUT2D eigenvalue weighted by Crippen LogP contribution is -2.43. The van der Waals surface area contributed by atoms with Crippen molar-refractivity contribution in [1.29, 1.82) is 0 Å². The van der Waals surface area contributed by atoms with Gasteiger partial charge in [-0.2, -0.15) is 0 Å². The summed E-state index contributed by atoms with van der Waals surface area (Å²) in [5.41, 5.74) is 7.31. The monoisotopic (exact) mass is 203 g/mol. The van der Waals surface area contributed by atoms with Crippen LogP contribution >= 0.6 is 0 Å². The number of carbonyl (C=O) groups is 1. The number of aromatic amines is 1. The van der Waals surface area contributed by atoms with Gasteiger partial charge >= 0.3 is 0 Å². The molecule has 2 rings (SSSR count). The number of H-pyrrole nitrogens is 1. The molecule has 1 atom stereocenters. The number of nitrogens with one attached hydrogen (secondary N) is 1. The molecule has 0 radical (unpaired) electrons. The molecule has 1 aromatic carbocycles. The van der Waals surface area contributed by atoms with Crippen LogP contribution in [0.1, 0.15) is 5.56 Å². The molecule has 2 aromatic rings. The molecule has 4 heteroatoms. The maximum Gasteiger partial charge on any atom is 0.0585 e. The van der Waals surface area contributed by atoms with E-state index in [1.165, 1.54) is 0 Å². The van der Waals surface area contributed by atoms with Crippen molar-refractivity contribution in [3.8, 4) is 0 Å². The van der Waals surface area contributed by atoms with Gasteiger partial charge in [0.2, 0.25) is 0 Å². The van der Waals surface area contributed by atoms with Crippen LogP contribution in [-0.2, 0) is 11.2 Å². The minimum Gasteiger partial charge on any atom is -0.548 e. The zero-order valence-electron chi connectivity index (χ0n) is 8.07. The smallest absolute Gasteiger partial charge is 0.0585 e. The van der Waals surface area contributed by atoms with Crippen LogP contribution in [0.25, 0.3) is 10.9 Å². The summed E-state index contributed by atoms with van der Waals surface area (Å²) in [4.78, 5) is 13.6. The third-order valence-corrected chi connectivity index (χ3v) is 2.42. The molecule has 0 bridgehead atoms. The molecule has 3 N–H and O–H groups in total. The third-order valence-electron chi connectivity index (χ3n) is 2.42. The van der Waals surface area contributed by atoms with Crippen molar-refractivity contribution in [2.24, 2.45) is 5.73 Å². The normalized spacial score (nSPS) is 12.9. The first-order valence-electron chi connectivity index (χ1n) is 4.70. The second-order valence-electron chi connectivity index (χ2n) is 3.49. The summed E-state index contributed by atoms with van der Waals surface area (Å²) in [7, 11) is 0. The summed E-state index contributed by atoms with van der Waals surface area (Å²) in [5, 5.41) is 11.5. The SMILES string of the molecule is NC(Cc1c[nH]c2ccccc12)C(=O)[O-]. The number of carboxylic acids is 1. The van der Waals surface area contributed by atoms with E-state index in [2.05, 4.69) is 4.98 Å². The number of hydrogen-bond donors (Lipinski definition) is 2. The highest BCUT2D eigenvalue weighted by Gasteiger charge is 2.08. The first-order valence-corrected chi connectivity index (χ1v) is 4.70. The van der Waals surface area contributed by atoms with Crippen molar-refractivity contribution in [2.45, 2.75) is 12.5 Å². The molecule has 0 amide bonds. The highest BCUT2D eigenvalue weighted by atomic mass is 16.4. The molecule has 78 valence electrons. The number of benzene rings is 1. The van der Waals surface area contributed by atoms with Gasteiger partial charge in [-0.15, -0.1) is 0 Å². The first kappa shape index (κ1) is 9.73. The molecule has 1 unspecified atom stereocenters. The molecule has 0 aliphatic heterocycles. The lowest BCUT2D eigenvalue weighted by molar-refractivity contribution is -0.307. The minimum atomic E-state index is -1.22. The Morgan fingerprint density at radius 1 is 1.47 bits per heavy atom. The Hall–Kier alpha value is -1.81. The molecule has 0 aliphatic carbocycles. The quantitative estimate of drug-likeness (QED) is 0.724. The highest BCUT2D eigenvalue weighted by molar-refractivity contribution is 5.84. The summed E-state index contributed by atoms with van der Waals surface area (Å²) in [6, 6.07) is 6.74. The maximum atomic E-state index is 10.5. The molecule has 15 heavy (non-hydrogen) atoms. The average Bonchev–Trinajstić information content (AvgIpc) is 2.62. The number of fused-ring (bicyclic) bond motifs is 1. The zero-order valence-corrected chi connectivity index (χ0v) is 8.07. The van der Waals surface area contributed by atoms with Crippen LogP contribution in [0.3, 0.4) is 0 Å². The fraction of sp³-hybridized carbons (Fsp3) is 0.182. The van der Waals surface area contributed by atoms with Gasteiger partial charge < -0.3 is 20.6 Å². The number of nitrogens with two attached hydrogens (primary N) is 1. The molecule has 0 saturated carbocycles. The Morgan fingerprint density at radius 3 is 2.93 bits per heavy atom. The topological polar surface area (TPSA) is 81.9 Å². The average molecular weight is 203 g/mol. The number of aromatic nitrogens is 1. The van der Waals surface area contributed by atoms with Crippen molar-refractivity contribution in [2.75, 3.05) is 0 Å². The van der Waals surface area contributed by atoms with Crippen LogP contribution in [0.5, 0.6) is 0 Å². The number of rotatable bonds is 3. The lowest BCUT2D eigenvalue weighted by atomic mass is 10.1. The Labute approximate surface area is 86.7 Å². The molecule has 0 aliphatic rings. The molecule has 0 spiro atoms. The van der Waals surface area contributed by atoms with Crippen LogP contribution < -0.4 is 10.8 Å². The van der Waals surface area contributed by atoms with E-state index in [9.17, 15) is 9.90 Å². The van der Waals surface area contributed by atoms with E-state index in [-0.39, 0.29) is 6.42 Å². The second-order valence-corrected chi connectivity index (χ2v) is 3.49. The van der Waals surface area contributed by atoms with Crippen LogP contribution in [0.2, 0.25) is 0 Å². The molecule has 4 nitrogen and oxygen atoms in total. The van der Waals surface area contributed by atoms with E-state index in [1.54, 1.807) is 6.20 Å². The summed E-state index contributed by atoms with van der Waals surface area (Å²) in [6.07, 6.45) is 2.07. The van der Waals surface area contributed by atoms with Crippen molar-refractivity contribution >= 4 is 16.9 Å². The van der Waals surface area contributed by atoms with E-state index in [0.717, 1.165) is 16.5 Å². The summed E-state index contributed by atoms with van der Waals surface area (Å²) >= 11 is 0. The van der Waals surface area contributed by atoms with Crippen LogP contribution in [-0.4, -0.2) is 17.0 Å². The molecule has 1 aromatic heterocycles.